The van der Waals surface area contributed by atoms with E-state index in [1.807, 2.05) is 6.92 Å². The molecular weight excluding hydrogens is 116 g/mol. The molecule has 0 spiro atoms. The Balaban J connectivity index is 3.50. The van der Waals surface area contributed by atoms with E-state index in [9.17, 15) is 0 Å². The third-order valence-corrected chi connectivity index (χ3v) is 1.82. The molecule has 0 aliphatic rings. The monoisotopic (exact) mass is 132 g/mol. The number of hydrogen-bond donors (Lipinski definition) is 1. The van der Waals surface area contributed by atoms with Gasteiger partial charge in [-0.15, -0.1) is 0 Å². The summed E-state index contributed by atoms with van der Waals surface area (Å²) in [5, 5.41) is 8.33. The third-order valence-electron chi connectivity index (χ3n) is 1.82. The van der Waals surface area contributed by atoms with Gasteiger partial charge >= 0.3 is 0 Å². The Morgan fingerprint density at radius 3 is 2.00 bits per heavy atom. The zero-order chi connectivity index (χ0) is 7.28. The molecule has 0 fully saturated rings. The van der Waals surface area contributed by atoms with Crippen LogP contribution in [-0.2, 0) is 4.89 Å². The Hall–Kier alpha value is -0.0800. The van der Waals surface area contributed by atoms with E-state index in [0.29, 0.717) is 5.92 Å². The molecule has 0 aliphatic carbocycles. The average Bonchev–Trinajstić information content (AvgIpc) is 1.90. The van der Waals surface area contributed by atoms with Crippen molar-refractivity contribution in [1.82, 2.24) is 0 Å². The van der Waals surface area contributed by atoms with Crippen molar-refractivity contribution in [2.75, 3.05) is 0 Å². The molecule has 0 heterocycles. The minimum Gasteiger partial charge on any atom is -0.252 e. The maximum atomic E-state index is 8.33. The molecule has 0 saturated heterocycles. The molecule has 0 bridgehead atoms. The fraction of sp³-hybridized carbons (Fsp3) is 1.00. The second kappa shape index (κ2) is 4.77. The molecule has 0 rings (SSSR count). The maximum Gasteiger partial charge on any atom is 0.0950 e. The van der Waals surface area contributed by atoms with Crippen molar-refractivity contribution < 1.29 is 10.1 Å². The van der Waals surface area contributed by atoms with E-state index in [4.69, 9.17) is 5.26 Å². The van der Waals surface area contributed by atoms with E-state index in [1.54, 1.807) is 0 Å². The first-order valence-corrected chi connectivity index (χ1v) is 3.56. The van der Waals surface area contributed by atoms with Crippen LogP contribution in [0, 0.1) is 5.92 Å². The van der Waals surface area contributed by atoms with Crippen molar-refractivity contribution in [3.05, 3.63) is 0 Å². The van der Waals surface area contributed by atoms with Crippen molar-refractivity contribution in [2.45, 2.75) is 39.7 Å². The van der Waals surface area contributed by atoms with Crippen LogP contribution in [0.5, 0.6) is 0 Å². The first-order chi connectivity index (χ1) is 4.26. The van der Waals surface area contributed by atoms with E-state index < -0.39 is 0 Å². The van der Waals surface area contributed by atoms with Gasteiger partial charge < -0.3 is 0 Å². The van der Waals surface area contributed by atoms with Crippen LogP contribution in [-0.4, -0.2) is 11.4 Å². The van der Waals surface area contributed by atoms with Crippen molar-refractivity contribution in [2.24, 2.45) is 5.92 Å². The second-order valence-corrected chi connectivity index (χ2v) is 2.44. The standard InChI is InChI=1S/C7H16O2/c1-4-6(3)7(5-2)9-8/h6-8H,4-5H2,1-3H3. The lowest BCUT2D eigenvalue weighted by Crippen LogP contribution is -2.18. The topological polar surface area (TPSA) is 29.5 Å². The SMILES string of the molecule is CCC(C)C(CC)OO. The van der Waals surface area contributed by atoms with Crippen LogP contribution in [0.1, 0.15) is 33.6 Å². The van der Waals surface area contributed by atoms with E-state index >= 15 is 0 Å². The molecule has 0 aromatic heterocycles. The van der Waals surface area contributed by atoms with E-state index in [0.717, 1.165) is 12.8 Å². The Morgan fingerprint density at radius 2 is 1.89 bits per heavy atom. The normalized spacial score (nSPS) is 17.3. The Morgan fingerprint density at radius 1 is 1.33 bits per heavy atom. The van der Waals surface area contributed by atoms with Crippen molar-refractivity contribution in [1.29, 1.82) is 0 Å². The summed E-state index contributed by atoms with van der Waals surface area (Å²) in [5.41, 5.74) is 0. The first-order valence-electron chi connectivity index (χ1n) is 3.56. The highest BCUT2D eigenvalue weighted by molar-refractivity contribution is 4.60. The van der Waals surface area contributed by atoms with Gasteiger partial charge in [0.05, 0.1) is 6.10 Å². The van der Waals surface area contributed by atoms with Crippen LogP contribution >= 0.6 is 0 Å². The minimum atomic E-state index is 0.0231. The molecular formula is C7H16O2. The van der Waals surface area contributed by atoms with Gasteiger partial charge in [0.1, 0.15) is 0 Å². The minimum absolute atomic E-state index is 0.0231. The van der Waals surface area contributed by atoms with Crippen molar-refractivity contribution in [3.8, 4) is 0 Å². The van der Waals surface area contributed by atoms with Gasteiger partial charge in [-0.2, -0.15) is 0 Å². The van der Waals surface area contributed by atoms with Gasteiger partial charge in [0.2, 0.25) is 0 Å². The summed E-state index contributed by atoms with van der Waals surface area (Å²) < 4.78 is 0. The van der Waals surface area contributed by atoms with Crippen LogP contribution in [0.3, 0.4) is 0 Å². The molecule has 0 aromatic carbocycles. The molecule has 2 heteroatoms. The van der Waals surface area contributed by atoms with Crippen LogP contribution in [0.4, 0.5) is 0 Å². The van der Waals surface area contributed by atoms with Gasteiger partial charge in [-0.3, -0.25) is 5.26 Å². The predicted molar refractivity (Wildman–Crippen MR) is 37.2 cm³/mol. The van der Waals surface area contributed by atoms with Crippen molar-refractivity contribution in [3.63, 3.8) is 0 Å². The molecule has 9 heavy (non-hydrogen) atoms. The molecule has 1 N–H and O–H groups in total. The molecule has 2 atom stereocenters. The van der Waals surface area contributed by atoms with Crippen LogP contribution in [0.2, 0.25) is 0 Å². The maximum absolute atomic E-state index is 8.33. The summed E-state index contributed by atoms with van der Waals surface area (Å²) in [6.45, 7) is 6.17. The Bertz CT molecular complexity index is 59.9. The summed E-state index contributed by atoms with van der Waals surface area (Å²) in [5.74, 6) is 0.458. The predicted octanol–water partition coefficient (Wildman–Crippen LogP) is 2.30. The fourth-order valence-electron chi connectivity index (χ4n) is 0.844. The van der Waals surface area contributed by atoms with Gasteiger partial charge in [0.25, 0.3) is 0 Å². The Kier molecular flexibility index (Phi) is 4.72. The first kappa shape index (κ1) is 8.92. The van der Waals surface area contributed by atoms with Gasteiger partial charge in [-0.1, -0.05) is 27.2 Å². The summed E-state index contributed by atoms with van der Waals surface area (Å²) in [6.07, 6.45) is 1.96. The van der Waals surface area contributed by atoms with E-state index in [2.05, 4.69) is 18.7 Å². The molecule has 56 valence electrons. The second-order valence-electron chi connectivity index (χ2n) is 2.44. The number of rotatable bonds is 4. The van der Waals surface area contributed by atoms with Gasteiger partial charge in [0, 0.05) is 0 Å². The lowest BCUT2D eigenvalue weighted by Gasteiger charge is -2.16. The van der Waals surface area contributed by atoms with E-state index in [-0.39, 0.29) is 6.10 Å². The van der Waals surface area contributed by atoms with Gasteiger partial charge in [0.15, 0.2) is 0 Å². The molecule has 2 unspecified atom stereocenters. The molecule has 0 amide bonds. The molecule has 0 radical (unpaired) electrons. The molecule has 0 aromatic rings. The summed E-state index contributed by atoms with van der Waals surface area (Å²) in [6, 6.07) is 0. The smallest absolute Gasteiger partial charge is 0.0950 e. The van der Waals surface area contributed by atoms with Crippen LogP contribution in [0.25, 0.3) is 0 Å². The zero-order valence-electron chi connectivity index (χ0n) is 6.42. The third kappa shape index (κ3) is 2.82. The van der Waals surface area contributed by atoms with E-state index in [1.165, 1.54) is 0 Å². The Labute approximate surface area is 56.8 Å². The average molecular weight is 132 g/mol. The largest absolute Gasteiger partial charge is 0.252 e. The fourth-order valence-corrected chi connectivity index (χ4v) is 0.844. The summed E-state index contributed by atoms with van der Waals surface area (Å²) in [4.78, 5) is 4.25. The lowest BCUT2D eigenvalue weighted by molar-refractivity contribution is -0.289. The van der Waals surface area contributed by atoms with Crippen LogP contribution in [0.15, 0.2) is 0 Å². The van der Waals surface area contributed by atoms with Gasteiger partial charge in [-0.25, -0.2) is 4.89 Å². The number of hydrogen-bond acceptors (Lipinski definition) is 2. The molecule has 0 saturated carbocycles. The summed E-state index contributed by atoms with van der Waals surface area (Å²) in [7, 11) is 0. The van der Waals surface area contributed by atoms with Crippen molar-refractivity contribution >= 4 is 0 Å². The zero-order valence-corrected chi connectivity index (χ0v) is 6.42. The highest BCUT2D eigenvalue weighted by Crippen LogP contribution is 2.12. The molecule has 0 aliphatic heterocycles. The van der Waals surface area contributed by atoms with Crippen LogP contribution < -0.4 is 0 Å². The highest BCUT2D eigenvalue weighted by atomic mass is 17.1. The summed E-state index contributed by atoms with van der Waals surface area (Å²) >= 11 is 0. The quantitative estimate of drug-likeness (QED) is 0.469. The lowest BCUT2D eigenvalue weighted by atomic mass is 10.0. The molecule has 2 nitrogen and oxygen atoms in total. The highest BCUT2D eigenvalue weighted by Gasteiger charge is 2.12. The van der Waals surface area contributed by atoms with Gasteiger partial charge in [-0.05, 0) is 12.3 Å².